The van der Waals surface area contributed by atoms with Crippen molar-refractivity contribution in [1.82, 2.24) is 10.2 Å². The summed E-state index contributed by atoms with van der Waals surface area (Å²) in [7, 11) is 0. The smallest absolute Gasteiger partial charge is 0.321 e. The molecule has 3 rings (SSSR count). The molecule has 114 valence electrons. The number of hydrogen-bond acceptors (Lipinski definition) is 2. The zero-order valence-corrected chi connectivity index (χ0v) is 11.7. The van der Waals surface area contributed by atoms with Crippen molar-refractivity contribution >= 4 is 5.91 Å². The van der Waals surface area contributed by atoms with Crippen molar-refractivity contribution < 1.29 is 18.0 Å². The maximum absolute atomic E-state index is 12.8. The molecular weight excluding hydrogens is 281 g/mol. The summed E-state index contributed by atoms with van der Waals surface area (Å²) < 4.78 is 38.5. The molecular formula is C15H17F3N2O. The van der Waals surface area contributed by atoms with Gasteiger partial charge in [-0.3, -0.25) is 10.1 Å². The van der Waals surface area contributed by atoms with E-state index >= 15 is 0 Å². The van der Waals surface area contributed by atoms with Gasteiger partial charge in [-0.05, 0) is 43.4 Å². The molecule has 2 fully saturated rings. The van der Waals surface area contributed by atoms with E-state index in [-0.39, 0.29) is 11.9 Å². The number of carbonyl (C=O) groups is 1. The van der Waals surface area contributed by atoms with Crippen molar-refractivity contribution in [1.29, 1.82) is 0 Å². The van der Waals surface area contributed by atoms with Gasteiger partial charge in [0.25, 0.3) is 0 Å². The minimum atomic E-state index is -4.37. The van der Waals surface area contributed by atoms with Gasteiger partial charge in [0.05, 0.1) is 11.6 Å². The Labute approximate surface area is 121 Å². The molecule has 1 saturated heterocycles. The molecule has 21 heavy (non-hydrogen) atoms. The summed E-state index contributed by atoms with van der Waals surface area (Å²) in [6, 6.07) is 4.85. The van der Waals surface area contributed by atoms with E-state index in [0.717, 1.165) is 25.0 Å². The zero-order valence-electron chi connectivity index (χ0n) is 11.7. The van der Waals surface area contributed by atoms with Gasteiger partial charge in [-0.15, -0.1) is 0 Å². The first kappa shape index (κ1) is 14.4. The Balaban J connectivity index is 1.88. The molecule has 1 saturated carbocycles. The highest BCUT2D eigenvalue weighted by Gasteiger charge is 2.40. The first-order chi connectivity index (χ1) is 9.86. The molecule has 2 unspecified atom stereocenters. The Morgan fingerprint density at radius 1 is 1.33 bits per heavy atom. The third-order valence-corrected chi connectivity index (χ3v) is 4.05. The molecule has 0 bridgehead atoms. The Hall–Kier alpha value is -1.56. The Morgan fingerprint density at radius 2 is 2.05 bits per heavy atom. The quantitative estimate of drug-likeness (QED) is 0.930. The largest absolute Gasteiger partial charge is 0.416 e. The molecule has 2 aliphatic rings. The van der Waals surface area contributed by atoms with Gasteiger partial charge in [0, 0.05) is 6.54 Å². The average Bonchev–Trinajstić information content (AvgIpc) is 3.20. The summed E-state index contributed by atoms with van der Waals surface area (Å²) in [6.07, 6.45) is -2.65. The maximum Gasteiger partial charge on any atom is 0.416 e. The van der Waals surface area contributed by atoms with Crippen LogP contribution in [0.2, 0.25) is 0 Å². The number of nitrogens with zero attached hydrogens (tertiary/aromatic N) is 1. The van der Waals surface area contributed by atoms with Crippen LogP contribution in [-0.4, -0.2) is 23.4 Å². The molecule has 1 heterocycles. The van der Waals surface area contributed by atoms with Crippen molar-refractivity contribution in [3.8, 4) is 0 Å². The molecule has 1 aromatic rings. The van der Waals surface area contributed by atoms with Crippen LogP contribution in [0.4, 0.5) is 13.2 Å². The van der Waals surface area contributed by atoms with Crippen LogP contribution in [0, 0.1) is 5.92 Å². The highest BCUT2D eigenvalue weighted by Crippen LogP contribution is 2.36. The highest BCUT2D eigenvalue weighted by atomic mass is 19.4. The van der Waals surface area contributed by atoms with Gasteiger partial charge in [0.1, 0.15) is 6.17 Å². The molecule has 0 aromatic heterocycles. The monoisotopic (exact) mass is 298 g/mol. The van der Waals surface area contributed by atoms with E-state index in [4.69, 9.17) is 0 Å². The van der Waals surface area contributed by atoms with E-state index in [9.17, 15) is 18.0 Å². The second-order valence-corrected chi connectivity index (χ2v) is 5.85. The number of halogens is 3. The maximum atomic E-state index is 12.8. The molecule has 1 aliphatic heterocycles. The number of nitrogens with one attached hydrogen (secondary N) is 1. The number of carbonyl (C=O) groups excluding carboxylic acids is 1. The summed E-state index contributed by atoms with van der Waals surface area (Å²) in [6.45, 7) is 2.37. The van der Waals surface area contributed by atoms with Crippen LogP contribution in [0.1, 0.15) is 37.1 Å². The Kier molecular flexibility index (Phi) is 3.43. The van der Waals surface area contributed by atoms with Crippen LogP contribution in [0.25, 0.3) is 0 Å². The Bertz CT molecular complexity index is 554. The predicted octanol–water partition coefficient (Wildman–Crippen LogP) is 2.93. The predicted molar refractivity (Wildman–Crippen MR) is 71.2 cm³/mol. The topological polar surface area (TPSA) is 32.3 Å². The van der Waals surface area contributed by atoms with Gasteiger partial charge in [0.15, 0.2) is 0 Å². The molecule has 1 aromatic carbocycles. The number of hydrogen-bond donors (Lipinski definition) is 1. The number of benzene rings is 1. The van der Waals surface area contributed by atoms with Gasteiger partial charge in [0.2, 0.25) is 5.91 Å². The van der Waals surface area contributed by atoms with E-state index < -0.39 is 17.9 Å². The summed E-state index contributed by atoms with van der Waals surface area (Å²) in [4.78, 5) is 13.9. The molecule has 1 N–H and O–H groups in total. The Morgan fingerprint density at radius 3 is 2.67 bits per heavy atom. The minimum absolute atomic E-state index is 0.0377. The van der Waals surface area contributed by atoms with Gasteiger partial charge in [-0.1, -0.05) is 12.1 Å². The van der Waals surface area contributed by atoms with E-state index in [2.05, 4.69) is 5.32 Å². The molecule has 3 nitrogen and oxygen atoms in total. The molecule has 0 radical (unpaired) electrons. The van der Waals surface area contributed by atoms with Gasteiger partial charge in [-0.2, -0.15) is 13.2 Å². The van der Waals surface area contributed by atoms with Crippen LogP contribution >= 0.6 is 0 Å². The van der Waals surface area contributed by atoms with Crippen molar-refractivity contribution in [2.75, 3.05) is 6.54 Å². The van der Waals surface area contributed by atoms with Gasteiger partial charge in [-0.25, -0.2) is 0 Å². The summed E-state index contributed by atoms with van der Waals surface area (Å²) in [5.41, 5.74) is -0.191. The second kappa shape index (κ2) is 5.02. The van der Waals surface area contributed by atoms with Crippen molar-refractivity contribution in [2.24, 2.45) is 5.92 Å². The lowest BCUT2D eigenvalue weighted by Gasteiger charge is -2.25. The normalized spacial score (nSPS) is 26.5. The average molecular weight is 298 g/mol. The zero-order chi connectivity index (χ0) is 15.2. The lowest BCUT2D eigenvalue weighted by atomic mass is 10.1. The van der Waals surface area contributed by atoms with Crippen LogP contribution in [-0.2, 0) is 11.0 Å². The number of amides is 1. The summed E-state index contributed by atoms with van der Waals surface area (Å²) in [5, 5.41) is 3.09. The van der Waals surface area contributed by atoms with Crippen molar-refractivity contribution in [3.05, 3.63) is 35.4 Å². The fraction of sp³-hybridized carbons (Fsp3) is 0.533. The molecule has 1 aliphatic carbocycles. The lowest BCUT2D eigenvalue weighted by Crippen LogP contribution is -2.32. The molecule has 6 heteroatoms. The number of alkyl halides is 3. The fourth-order valence-corrected chi connectivity index (χ4v) is 2.71. The molecule has 0 spiro atoms. The van der Waals surface area contributed by atoms with E-state index in [1.54, 1.807) is 17.9 Å². The SMILES string of the molecule is CC1NC(c2cccc(C(F)(F)F)c2)N(CC2CC2)C1=O. The van der Waals surface area contributed by atoms with Gasteiger partial charge < -0.3 is 4.90 Å². The lowest BCUT2D eigenvalue weighted by molar-refractivity contribution is -0.137. The van der Waals surface area contributed by atoms with Gasteiger partial charge >= 0.3 is 6.18 Å². The van der Waals surface area contributed by atoms with E-state index in [1.807, 2.05) is 0 Å². The van der Waals surface area contributed by atoms with Crippen LogP contribution in [0.5, 0.6) is 0 Å². The standard InChI is InChI=1S/C15H17F3N2O/c1-9-14(21)20(8-10-5-6-10)13(19-9)11-3-2-4-12(7-11)15(16,17)18/h2-4,7,9-10,13,19H,5-6,8H2,1H3. The highest BCUT2D eigenvalue weighted by molar-refractivity contribution is 5.84. The van der Waals surface area contributed by atoms with E-state index in [1.165, 1.54) is 6.07 Å². The first-order valence-corrected chi connectivity index (χ1v) is 7.10. The van der Waals surface area contributed by atoms with Crippen molar-refractivity contribution in [3.63, 3.8) is 0 Å². The summed E-state index contributed by atoms with van der Waals surface area (Å²) >= 11 is 0. The van der Waals surface area contributed by atoms with Crippen molar-refractivity contribution in [2.45, 2.75) is 38.1 Å². The third-order valence-electron chi connectivity index (χ3n) is 4.05. The summed E-state index contributed by atoms with van der Waals surface area (Å²) in [5.74, 6) is 0.457. The van der Waals surface area contributed by atoms with E-state index in [0.29, 0.717) is 18.0 Å². The molecule has 1 amide bonds. The van der Waals surface area contributed by atoms with Crippen LogP contribution in [0.15, 0.2) is 24.3 Å². The fourth-order valence-electron chi connectivity index (χ4n) is 2.71. The number of rotatable bonds is 3. The second-order valence-electron chi connectivity index (χ2n) is 5.85. The van der Waals surface area contributed by atoms with Crippen LogP contribution < -0.4 is 5.32 Å². The third kappa shape index (κ3) is 2.90. The first-order valence-electron chi connectivity index (χ1n) is 7.10. The minimum Gasteiger partial charge on any atom is -0.321 e. The van der Waals surface area contributed by atoms with Crippen LogP contribution in [0.3, 0.4) is 0 Å². The molecule has 2 atom stereocenters.